The monoisotopic (exact) mass is 332 g/mol. The lowest BCUT2D eigenvalue weighted by Gasteiger charge is -2.08. The Balaban J connectivity index is 1.87. The second kappa shape index (κ2) is 5.83. The molecule has 2 aromatic carbocycles. The number of anilines is 1. The van der Waals surface area contributed by atoms with Crippen LogP contribution < -0.4 is 10.5 Å². The van der Waals surface area contributed by atoms with Gasteiger partial charge >= 0.3 is 0 Å². The van der Waals surface area contributed by atoms with E-state index in [1.807, 2.05) is 30.3 Å². The van der Waals surface area contributed by atoms with Crippen LogP contribution in [-0.2, 0) is 0 Å². The first-order valence-electron chi connectivity index (χ1n) is 7.73. The number of nitrogens with two attached hydrogens (primary N) is 1. The Morgan fingerprint density at radius 2 is 1.76 bits per heavy atom. The van der Waals surface area contributed by atoms with Crippen molar-refractivity contribution >= 4 is 11.5 Å². The van der Waals surface area contributed by atoms with Crippen LogP contribution in [0.5, 0.6) is 11.5 Å². The number of ether oxygens (including phenoxy) is 1. The molecule has 0 unspecified atom stereocenters. The number of rotatable bonds is 3. The summed E-state index contributed by atoms with van der Waals surface area (Å²) >= 11 is 0. The number of aromatic hydroxyl groups is 1. The zero-order valence-corrected chi connectivity index (χ0v) is 13.5. The van der Waals surface area contributed by atoms with E-state index in [0.29, 0.717) is 17.0 Å². The van der Waals surface area contributed by atoms with Gasteiger partial charge in [0.05, 0.1) is 13.3 Å². The van der Waals surface area contributed by atoms with E-state index < -0.39 is 0 Å². The lowest BCUT2D eigenvalue weighted by Crippen LogP contribution is -2.02. The molecule has 6 nitrogen and oxygen atoms in total. The highest BCUT2D eigenvalue weighted by Gasteiger charge is 2.14. The van der Waals surface area contributed by atoms with E-state index >= 15 is 0 Å². The van der Waals surface area contributed by atoms with Gasteiger partial charge in [-0.25, -0.2) is 4.98 Å². The van der Waals surface area contributed by atoms with Gasteiger partial charge in [0.15, 0.2) is 5.65 Å². The number of hydrogen-bond donors (Lipinski definition) is 2. The van der Waals surface area contributed by atoms with E-state index in [4.69, 9.17) is 10.5 Å². The first-order chi connectivity index (χ1) is 12.2. The molecular formula is C19H16N4O2. The predicted molar refractivity (Wildman–Crippen MR) is 96.5 cm³/mol. The van der Waals surface area contributed by atoms with Gasteiger partial charge in [0.2, 0.25) is 0 Å². The maximum Gasteiger partial charge on any atom is 0.165 e. The van der Waals surface area contributed by atoms with Crippen molar-refractivity contribution < 1.29 is 9.84 Å². The van der Waals surface area contributed by atoms with E-state index in [1.165, 1.54) is 0 Å². The quantitative estimate of drug-likeness (QED) is 0.601. The minimum absolute atomic E-state index is 0.175. The molecule has 0 aliphatic heterocycles. The number of benzene rings is 2. The van der Waals surface area contributed by atoms with E-state index in [1.54, 1.807) is 42.2 Å². The van der Waals surface area contributed by atoms with Gasteiger partial charge in [-0.3, -0.25) is 0 Å². The average Bonchev–Trinajstić information content (AvgIpc) is 3.07. The third-order valence-electron chi connectivity index (χ3n) is 4.10. The molecule has 0 amide bonds. The van der Waals surface area contributed by atoms with Crippen molar-refractivity contribution in [1.82, 2.24) is 14.6 Å². The van der Waals surface area contributed by atoms with Crippen LogP contribution in [0, 0.1) is 0 Å². The molecule has 0 fully saturated rings. The summed E-state index contributed by atoms with van der Waals surface area (Å²) in [5.41, 5.74) is 10.3. The maximum atomic E-state index is 9.69. The van der Waals surface area contributed by atoms with Gasteiger partial charge in [0.1, 0.15) is 17.3 Å². The van der Waals surface area contributed by atoms with Crippen LogP contribution in [-0.4, -0.2) is 26.8 Å². The molecule has 2 aromatic heterocycles. The minimum Gasteiger partial charge on any atom is -0.508 e. The number of nitrogens with zero attached hydrogens (tertiary/aromatic N) is 3. The smallest absolute Gasteiger partial charge is 0.165 e. The molecule has 25 heavy (non-hydrogen) atoms. The molecule has 124 valence electrons. The van der Waals surface area contributed by atoms with Crippen LogP contribution in [0.2, 0.25) is 0 Å². The molecule has 2 heterocycles. The van der Waals surface area contributed by atoms with E-state index in [0.717, 1.165) is 22.4 Å². The van der Waals surface area contributed by atoms with Gasteiger partial charge in [0, 0.05) is 17.3 Å². The van der Waals surface area contributed by atoms with Gasteiger partial charge in [-0.15, -0.1) is 0 Å². The Bertz CT molecular complexity index is 1070. The van der Waals surface area contributed by atoms with Crippen LogP contribution in [0.1, 0.15) is 0 Å². The molecule has 0 spiro atoms. The predicted octanol–water partition coefficient (Wildman–Crippen LogP) is 3.36. The molecule has 0 radical (unpaired) electrons. The summed E-state index contributed by atoms with van der Waals surface area (Å²) in [5.74, 6) is 1.40. The van der Waals surface area contributed by atoms with Crippen LogP contribution in [0.15, 0.2) is 60.9 Å². The van der Waals surface area contributed by atoms with Crippen molar-refractivity contribution in [2.45, 2.75) is 0 Å². The van der Waals surface area contributed by atoms with Crippen LogP contribution in [0.4, 0.5) is 5.82 Å². The summed E-state index contributed by atoms with van der Waals surface area (Å²) in [5, 5.41) is 14.1. The normalized spacial score (nSPS) is 10.9. The van der Waals surface area contributed by atoms with Crippen molar-refractivity contribution in [1.29, 1.82) is 0 Å². The number of nitrogen functional groups attached to an aromatic ring is 1. The third-order valence-corrected chi connectivity index (χ3v) is 4.10. The second-order valence-electron chi connectivity index (χ2n) is 5.63. The Labute approximate surface area is 144 Å². The summed E-state index contributed by atoms with van der Waals surface area (Å²) in [6.45, 7) is 0. The van der Waals surface area contributed by atoms with Crippen LogP contribution >= 0.6 is 0 Å². The molecule has 3 N–H and O–H groups in total. The molecule has 0 aliphatic rings. The van der Waals surface area contributed by atoms with Gasteiger partial charge < -0.3 is 15.6 Å². The van der Waals surface area contributed by atoms with Crippen molar-refractivity contribution in [3.8, 4) is 33.8 Å². The molecule has 0 bridgehead atoms. The lowest BCUT2D eigenvalue weighted by molar-refractivity contribution is 0.415. The first-order valence-corrected chi connectivity index (χ1v) is 7.73. The molecule has 4 aromatic rings. The van der Waals surface area contributed by atoms with E-state index in [2.05, 4.69) is 10.1 Å². The summed E-state index contributed by atoms with van der Waals surface area (Å²) < 4.78 is 6.89. The molecule has 0 atom stereocenters. The summed E-state index contributed by atoms with van der Waals surface area (Å²) in [6, 6.07) is 14.6. The number of methoxy groups -OCH3 is 1. The Morgan fingerprint density at radius 3 is 2.52 bits per heavy atom. The van der Waals surface area contributed by atoms with Crippen molar-refractivity contribution in [2.75, 3.05) is 12.8 Å². The van der Waals surface area contributed by atoms with Crippen molar-refractivity contribution in [2.24, 2.45) is 0 Å². The van der Waals surface area contributed by atoms with E-state index in [9.17, 15) is 5.11 Å². The Hall–Kier alpha value is -3.54. The first kappa shape index (κ1) is 15.0. The highest BCUT2D eigenvalue weighted by Crippen LogP contribution is 2.32. The lowest BCUT2D eigenvalue weighted by atomic mass is 10.1. The fourth-order valence-electron chi connectivity index (χ4n) is 2.84. The van der Waals surface area contributed by atoms with Gasteiger partial charge in [-0.1, -0.05) is 24.3 Å². The number of fused-ring (bicyclic) bond motifs is 1. The van der Waals surface area contributed by atoms with Crippen LogP contribution in [0.3, 0.4) is 0 Å². The molecule has 4 rings (SSSR count). The zero-order valence-electron chi connectivity index (χ0n) is 13.5. The number of phenolic OH excluding ortho intramolecular Hbond substituents is 1. The largest absolute Gasteiger partial charge is 0.508 e. The third kappa shape index (κ3) is 2.53. The van der Waals surface area contributed by atoms with Crippen LogP contribution in [0.25, 0.3) is 27.9 Å². The number of phenols is 1. The molecule has 0 aliphatic carbocycles. The number of aromatic nitrogens is 3. The zero-order chi connectivity index (χ0) is 17.4. The number of hydrogen-bond acceptors (Lipinski definition) is 5. The molecule has 0 saturated carbocycles. The van der Waals surface area contributed by atoms with Crippen molar-refractivity contribution in [3.05, 3.63) is 60.9 Å². The topological polar surface area (TPSA) is 85.7 Å². The van der Waals surface area contributed by atoms with E-state index in [-0.39, 0.29) is 5.75 Å². The fraction of sp³-hybridized carbons (Fsp3) is 0.0526. The summed E-state index contributed by atoms with van der Waals surface area (Å²) in [7, 11) is 1.63. The minimum atomic E-state index is 0.175. The maximum absolute atomic E-state index is 9.69. The van der Waals surface area contributed by atoms with Crippen molar-refractivity contribution in [3.63, 3.8) is 0 Å². The molecule has 6 heteroatoms. The highest BCUT2D eigenvalue weighted by molar-refractivity contribution is 5.82. The fourth-order valence-corrected chi connectivity index (χ4v) is 2.84. The Morgan fingerprint density at radius 1 is 1.00 bits per heavy atom. The average molecular weight is 332 g/mol. The van der Waals surface area contributed by atoms with Gasteiger partial charge in [0.25, 0.3) is 0 Å². The molecule has 0 saturated heterocycles. The summed E-state index contributed by atoms with van der Waals surface area (Å²) in [6.07, 6.45) is 3.44. The summed E-state index contributed by atoms with van der Waals surface area (Å²) in [4.78, 5) is 4.54. The van der Waals surface area contributed by atoms with Gasteiger partial charge in [-0.05, 0) is 35.4 Å². The standard InChI is InChI=1S/C19H16N4O2/c1-25-15-7-3-5-13(9-15)17-11-22-23-18(20)16(10-21-19(17)23)12-4-2-6-14(24)8-12/h2-11,24H,20H2,1H3. The highest BCUT2D eigenvalue weighted by atomic mass is 16.5. The SMILES string of the molecule is COc1cccc(-c2cnn3c(N)c(-c4cccc(O)c4)cnc23)c1. The molecular weight excluding hydrogens is 316 g/mol. The second-order valence-corrected chi connectivity index (χ2v) is 5.63. The Kier molecular flexibility index (Phi) is 3.50. The van der Waals surface area contributed by atoms with Gasteiger partial charge in [-0.2, -0.15) is 9.61 Å².